The highest BCUT2D eigenvalue weighted by molar-refractivity contribution is 6.01. The molecule has 8 heteroatoms. The van der Waals surface area contributed by atoms with E-state index in [4.69, 9.17) is 4.74 Å². The number of nitrogens with zero attached hydrogens (tertiary/aromatic N) is 2. The smallest absolute Gasteiger partial charge is 0.234 e. The van der Waals surface area contributed by atoms with Gasteiger partial charge in [0.1, 0.15) is 6.17 Å². The minimum Gasteiger partial charge on any atom is -0.378 e. The number of guanidine groups is 1. The molecule has 0 radical (unpaired) electrons. The zero-order chi connectivity index (χ0) is 16.4. The summed E-state index contributed by atoms with van der Waals surface area (Å²) >= 11 is 0. The molecule has 1 aromatic carbocycles. The SMILES string of the molecule is O=C1NC(=NCc2ccc(N3CCOCC3)cc2)NC2NNCC12. The number of rotatable bonds is 3. The molecule has 3 saturated heterocycles. The van der Waals surface area contributed by atoms with E-state index in [2.05, 4.69) is 55.6 Å². The fourth-order valence-corrected chi connectivity index (χ4v) is 3.16. The predicted octanol–water partition coefficient (Wildman–Crippen LogP) is -0.851. The number of morpholine rings is 1. The minimum atomic E-state index is -0.100. The van der Waals surface area contributed by atoms with E-state index in [-0.39, 0.29) is 18.0 Å². The van der Waals surface area contributed by atoms with Crippen molar-refractivity contribution in [3.05, 3.63) is 29.8 Å². The Balaban J connectivity index is 1.37. The molecule has 8 nitrogen and oxygen atoms in total. The van der Waals surface area contributed by atoms with Gasteiger partial charge in [-0.25, -0.2) is 10.4 Å². The zero-order valence-corrected chi connectivity index (χ0v) is 13.4. The molecule has 2 unspecified atom stereocenters. The summed E-state index contributed by atoms with van der Waals surface area (Å²) in [6, 6.07) is 8.40. The number of fused-ring (bicyclic) bond motifs is 1. The van der Waals surface area contributed by atoms with Crippen LogP contribution in [0.2, 0.25) is 0 Å². The molecule has 3 aliphatic rings. The maximum atomic E-state index is 12.0. The van der Waals surface area contributed by atoms with Crippen LogP contribution in [0.3, 0.4) is 0 Å². The lowest BCUT2D eigenvalue weighted by molar-refractivity contribution is -0.124. The van der Waals surface area contributed by atoms with Crippen LogP contribution in [0.5, 0.6) is 0 Å². The number of carbonyl (C=O) groups is 1. The highest BCUT2D eigenvalue weighted by Gasteiger charge is 2.37. The maximum Gasteiger partial charge on any atom is 0.234 e. The van der Waals surface area contributed by atoms with Gasteiger partial charge in [-0.2, -0.15) is 0 Å². The average molecular weight is 330 g/mol. The Kier molecular flexibility index (Phi) is 4.33. The standard InChI is InChI=1S/C16H22N6O2/c23-15-13-10-18-21-14(13)19-16(20-15)17-9-11-1-3-12(4-2-11)22-5-7-24-8-6-22/h1-4,13-14,18,21H,5-10H2,(H2,17,19,20,23). The van der Waals surface area contributed by atoms with Crippen molar-refractivity contribution in [2.45, 2.75) is 12.7 Å². The van der Waals surface area contributed by atoms with E-state index < -0.39 is 0 Å². The fourth-order valence-electron chi connectivity index (χ4n) is 3.16. The second-order valence-corrected chi connectivity index (χ2v) is 6.17. The largest absolute Gasteiger partial charge is 0.378 e. The molecule has 3 heterocycles. The summed E-state index contributed by atoms with van der Waals surface area (Å²) < 4.78 is 5.38. The van der Waals surface area contributed by atoms with Crippen LogP contribution in [0.15, 0.2) is 29.3 Å². The normalized spacial score (nSPS) is 28.4. The van der Waals surface area contributed by atoms with Crippen LogP contribution >= 0.6 is 0 Å². The first-order valence-corrected chi connectivity index (χ1v) is 8.31. The van der Waals surface area contributed by atoms with E-state index in [1.54, 1.807) is 0 Å². The van der Waals surface area contributed by atoms with Gasteiger partial charge in [-0.05, 0) is 17.7 Å². The number of ether oxygens (including phenoxy) is 1. The highest BCUT2D eigenvalue weighted by atomic mass is 16.5. The van der Waals surface area contributed by atoms with Crippen molar-refractivity contribution >= 4 is 17.6 Å². The van der Waals surface area contributed by atoms with Crippen LogP contribution in [0.4, 0.5) is 5.69 Å². The van der Waals surface area contributed by atoms with E-state index in [9.17, 15) is 4.79 Å². The number of amides is 1. The first-order chi connectivity index (χ1) is 11.8. The molecule has 0 aromatic heterocycles. The van der Waals surface area contributed by atoms with E-state index in [1.807, 2.05) is 0 Å². The van der Waals surface area contributed by atoms with Crippen LogP contribution in [-0.2, 0) is 16.1 Å². The summed E-state index contributed by atoms with van der Waals surface area (Å²) in [6.45, 7) is 4.58. The first kappa shape index (κ1) is 15.4. The van der Waals surface area contributed by atoms with Gasteiger partial charge in [0.15, 0.2) is 5.96 Å². The molecule has 0 spiro atoms. The van der Waals surface area contributed by atoms with Crippen molar-refractivity contribution in [3.8, 4) is 0 Å². The number of hydrazine groups is 1. The second-order valence-electron chi connectivity index (χ2n) is 6.17. The Bertz CT molecular complexity index is 626. The number of hydrogen-bond acceptors (Lipinski definition) is 6. The lowest BCUT2D eigenvalue weighted by Crippen LogP contribution is -2.61. The molecular weight excluding hydrogens is 308 g/mol. The van der Waals surface area contributed by atoms with Crippen molar-refractivity contribution in [2.24, 2.45) is 10.9 Å². The first-order valence-electron chi connectivity index (χ1n) is 8.31. The summed E-state index contributed by atoms with van der Waals surface area (Å²) in [5.74, 6) is 0.420. The lowest BCUT2D eigenvalue weighted by Gasteiger charge is -2.29. The minimum absolute atomic E-state index is 0.00216. The molecule has 3 aliphatic heterocycles. The Labute approximate surface area is 140 Å². The topological polar surface area (TPSA) is 90.0 Å². The molecule has 128 valence electrons. The molecule has 0 aliphatic carbocycles. The van der Waals surface area contributed by atoms with Gasteiger partial charge in [-0.3, -0.25) is 15.5 Å². The Morgan fingerprint density at radius 2 is 2.00 bits per heavy atom. The molecule has 1 aromatic rings. The molecule has 3 fully saturated rings. The third kappa shape index (κ3) is 3.21. The number of anilines is 1. The van der Waals surface area contributed by atoms with Crippen molar-refractivity contribution in [1.82, 2.24) is 21.5 Å². The molecule has 4 N–H and O–H groups in total. The van der Waals surface area contributed by atoms with Crippen molar-refractivity contribution in [1.29, 1.82) is 0 Å². The van der Waals surface area contributed by atoms with Crippen molar-refractivity contribution in [2.75, 3.05) is 37.7 Å². The Morgan fingerprint density at radius 3 is 2.79 bits per heavy atom. The summed E-state index contributed by atoms with van der Waals surface area (Å²) in [6.07, 6.45) is -0.0961. The third-order valence-electron chi connectivity index (χ3n) is 4.58. The summed E-state index contributed by atoms with van der Waals surface area (Å²) in [5.41, 5.74) is 8.34. The van der Waals surface area contributed by atoms with Crippen LogP contribution in [0.25, 0.3) is 0 Å². The van der Waals surface area contributed by atoms with Gasteiger partial charge in [0.25, 0.3) is 0 Å². The maximum absolute atomic E-state index is 12.0. The quantitative estimate of drug-likeness (QED) is 0.577. The van der Waals surface area contributed by atoms with E-state index in [0.29, 0.717) is 19.0 Å². The van der Waals surface area contributed by atoms with E-state index in [1.165, 1.54) is 5.69 Å². The molecule has 0 saturated carbocycles. The molecule has 1 amide bonds. The van der Waals surface area contributed by atoms with E-state index >= 15 is 0 Å². The van der Waals surface area contributed by atoms with Gasteiger partial charge in [-0.15, -0.1) is 0 Å². The number of aliphatic imine (C=N–C) groups is 1. The van der Waals surface area contributed by atoms with E-state index in [0.717, 1.165) is 31.9 Å². The number of nitrogens with one attached hydrogen (secondary N) is 4. The monoisotopic (exact) mass is 330 g/mol. The molecule has 0 bridgehead atoms. The Hall–Kier alpha value is -2.16. The second kappa shape index (κ2) is 6.76. The van der Waals surface area contributed by atoms with Gasteiger partial charge < -0.3 is 15.0 Å². The van der Waals surface area contributed by atoms with Crippen molar-refractivity contribution < 1.29 is 9.53 Å². The summed E-state index contributed by atoms with van der Waals surface area (Å²) in [4.78, 5) is 18.8. The number of benzene rings is 1. The van der Waals surface area contributed by atoms with Gasteiger partial charge >= 0.3 is 0 Å². The van der Waals surface area contributed by atoms with Gasteiger partial charge in [0.05, 0.1) is 25.7 Å². The van der Waals surface area contributed by atoms with Crippen LogP contribution in [-0.4, -0.2) is 50.9 Å². The van der Waals surface area contributed by atoms with Gasteiger partial charge in [0.2, 0.25) is 5.91 Å². The zero-order valence-electron chi connectivity index (χ0n) is 13.4. The molecule has 2 atom stereocenters. The summed E-state index contributed by atoms with van der Waals surface area (Å²) in [7, 11) is 0. The summed E-state index contributed by atoms with van der Waals surface area (Å²) in [5, 5.41) is 6.02. The van der Waals surface area contributed by atoms with Crippen LogP contribution in [0.1, 0.15) is 5.56 Å². The lowest BCUT2D eigenvalue weighted by atomic mass is 10.1. The fraction of sp³-hybridized carbons (Fsp3) is 0.500. The third-order valence-corrected chi connectivity index (χ3v) is 4.58. The van der Waals surface area contributed by atoms with Crippen LogP contribution < -0.4 is 26.4 Å². The van der Waals surface area contributed by atoms with Crippen LogP contribution in [0, 0.1) is 5.92 Å². The van der Waals surface area contributed by atoms with Gasteiger partial charge in [-0.1, -0.05) is 12.1 Å². The Morgan fingerprint density at radius 1 is 1.21 bits per heavy atom. The average Bonchev–Trinajstić information content (AvgIpc) is 3.10. The molecule has 24 heavy (non-hydrogen) atoms. The molecular formula is C16H22N6O2. The number of carbonyl (C=O) groups excluding carboxylic acids is 1. The van der Waals surface area contributed by atoms with Crippen molar-refractivity contribution in [3.63, 3.8) is 0 Å². The number of hydrogen-bond donors (Lipinski definition) is 4. The predicted molar refractivity (Wildman–Crippen MR) is 90.3 cm³/mol. The molecule has 4 rings (SSSR count). The van der Waals surface area contributed by atoms with Gasteiger partial charge in [0, 0.05) is 25.3 Å². The highest BCUT2D eigenvalue weighted by Crippen LogP contribution is 2.17.